The SMILES string of the molecule is CC(=O)c1ccccc1NC(=O)CN1CCCCC1CCN.Cl. The number of Topliss-reactive ketones (excluding diaryl/α,β-unsaturated/α-hetero) is 1. The molecule has 1 unspecified atom stereocenters. The molecule has 0 saturated carbocycles. The van der Waals surface area contributed by atoms with Gasteiger partial charge in [0.15, 0.2) is 5.78 Å². The van der Waals surface area contributed by atoms with Gasteiger partial charge in [0.05, 0.1) is 12.2 Å². The molecular formula is C17H26ClN3O2. The zero-order chi connectivity index (χ0) is 15.9. The molecule has 1 aliphatic rings. The van der Waals surface area contributed by atoms with E-state index >= 15 is 0 Å². The van der Waals surface area contributed by atoms with Gasteiger partial charge in [0.2, 0.25) is 5.91 Å². The molecule has 128 valence electrons. The van der Waals surface area contributed by atoms with Crippen LogP contribution in [0.4, 0.5) is 5.69 Å². The summed E-state index contributed by atoms with van der Waals surface area (Å²) in [5.74, 6) is -0.118. The molecule has 3 N–H and O–H groups in total. The van der Waals surface area contributed by atoms with Gasteiger partial charge in [0.25, 0.3) is 0 Å². The summed E-state index contributed by atoms with van der Waals surface area (Å²) in [6.07, 6.45) is 4.36. The second-order valence-electron chi connectivity index (χ2n) is 5.85. The standard InChI is InChI=1S/C17H25N3O2.ClH/c1-13(21)15-7-2-3-8-16(15)19-17(22)12-20-11-5-4-6-14(20)9-10-18;/h2-3,7-8,14H,4-6,9-12,18H2,1H3,(H,19,22);1H. The van der Waals surface area contributed by atoms with Gasteiger partial charge in [-0.2, -0.15) is 0 Å². The van der Waals surface area contributed by atoms with E-state index in [1.165, 1.54) is 13.3 Å². The van der Waals surface area contributed by atoms with E-state index in [-0.39, 0.29) is 24.1 Å². The maximum absolute atomic E-state index is 12.3. The Kier molecular flexibility index (Phi) is 8.23. The largest absolute Gasteiger partial charge is 0.330 e. The Hall–Kier alpha value is -1.43. The molecule has 0 bridgehead atoms. The van der Waals surface area contributed by atoms with Gasteiger partial charge in [-0.15, -0.1) is 12.4 Å². The van der Waals surface area contributed by atoms with Crippen molar-refractivity contribution in [3.05, 3.63) is 29.8 Å². The molecule has 1 aromatic carbocycles. The van der Waals surface area contributed by atoms with Crippen LogP contribution in [0.15, 0.2) is 24.3 Å². The van der Waals surface area contributed by atoms with E-state index in [0.717, 1.165) is 25.8 Å². The zero-order valence-corrected chi connectivity index (χ0v) is 14.4. The number of ketones is 1. The minimum absolute atomic E-state index is 0. The van der Waals surface area contributed by atoms with Crippen LogP contribution in [0.3, 0.4) is 0 Å². The summed E-state index contributed by atoms with van der Waals surface area (Å²) in [5, 5.41) is 2.87. The summed E-state index contributed by atoms with van der Waals surface area (Å²) in [4.78, 5) is 26.1. The van der Waals surface area contributed by atoms with E-state index in [1.807, 2.05) is 6.07 Å². The van der Waals surface area contributed by atoms with Gasteiger partial charge >= 0.3 is 0 Å². The van der Waals surface area contributed by atoms with Crippen molar-refractivity contribution in [2.75, 3.05) is 25.0 Å². The molecule has 1 fully saturated rings. The fourth-order valence-electron chi connectivity index (χ4n) is 3.06. The minimum atomic E-state index is -0.0716. The lowest BCUT2D eigenvalue weighted by atomic mass is 9.99. The lowest BCUT2D eigenvalue weighted by molar-refractivity contribution is -0.118. The van der Waals surface area contributed by atoms with E-state index in [9.17, 15) is 9.59 Å². The van der Waals surface area contributed by atoms with Crippen molar-refractivity contribution in [1.82, 2.24) is 4.90 Å². The normalized spacial score (nSPS) is 18.1. The lowest BCUT2D eigenvalue weighted by Gasteiger charge is -2.35. The van der Waals surface area contributed by atoms with Crippen LogP contribution in [0.2, 0.25) is 0 Å². The number of halogens is 1. The molecule has 0 aliphatic carbocycles. The highest BCUT2D eigenvalue weighted by molar-refractivity contribution is 6.04. The number of nitrogens with two attached hydrogens (primary N) is 1. The number of amides is 1. The van der Waals surface area contributed by atoms with E-state index in [1.54, 1.807) is 18.2 Å². The number of hydrogen-bond acceptors (Lipinski definition) is 4. The zero-order valence-electron chi connectivity index (χ0n) is 13.6. The first kappa shape index (κ1) is 19.6. The molecule has 0 spiro atoms. The van der Waals surface area contributed by atoms with E-state index in [0.29, 0.717) is 30.4 Å². The highest BCUT2D eigenvalue weighted by Crippen LogP contribution is 2.20. The lowest BCUT2D eigenvalue weighted by Crippen LogP contribution is -2.44. The molecule has 1 aliphatic heterocycles. The Morgan fingerprint density at radius 1 is 1.30 bits per heavy atom. The van der Waals surface area contributed by atoms with E-state index in [4.69, 9.17) is 5.73 Å². The van der Waals surface area contributed by atoms with Crippen molar-refractivity contribution in [2.45, 2.75) is 38.6 Å². The number of benzene rings is 1. The molecule has 2 rings (SSSR count). The first-order chi connectivity index (χ1) is 10.6. The molecule has 5 nitrogen and oxygen atoms in total. The topological polar surface area (TPSA) is 75.4 Å². The van der Waals surface area contributed by atoms with Gasteiger partial charge in [0.1, 0.15) is 0 Å². The Labute approximate surface area is 144 Å². The summed E-state index contributed by atoms with van der Waals surface area (Å²) < 4.78 is 0. The molecule has 0 radical (unpaired) electrons. The van der Waals surface area contributed by atoms with Crippen molar-refractivity contribution >= 4 is 29.8 Å². The number of para-hydroxylation sites is 1. The van der Waals surface area contributed by atoms with E-state index in [2.05, 4.69) is 10.2 Å². The average molecular weight is 340 g/mol. The molecule has 1 saturated heterocycles. The maximum Gasteiger partial charge on any atom is 0.238 e. The summed E-state index contributed by atoms with van der Waals surface area (Å²) in [5.41, 5.74) is 6.80. The smallest absolute Gasteiger partial charge is 0.238 e. The molecule has 0 aromatic heterocycles. The number of carbonyl (C=O) groups is 2. The fourth-order valence-corrected chi connectivity index (χ4v) is 3.06. The third-order valence-corrected chi connectivity index (χ3v) is 4.18. The molecule has 1 aromatic rings. The molecule has 1 amide bonds. The summed E-state index contributed by atoms with van der Waals surface area (Å²) in [6, 6.07) is 7.51. The second kappa shape index (κ2) is 9.65. The predicted octanol–water partition coefficient (Wildman–Crippen LogP) is 2.45. The highest BCUT2D eigenvalue weighted by atomic mass is 35.5. The average Bonchev–Trinajstić information content (AvgIpc) is 2.50. The first-order valence-corrected chi connectivity index (χ1v) is 7.95. The first-order valence-electron chi connectivity index (χ1n) is 7.95. The number of rotatable bonds is 6. The molecule has 1 atom stereocenters. The summed E-state index contributed by atoms with van der Waals surface area (Å²) >= 11 is 0. The Morgan fingerprint density at radius 2 is 2.04 bits per heavy atom. The predicted molar refractivity (Wildman–Crippen MR) is 95.2 cm³/mol. The molecule has 1 heterocycles. The number of carbonyl (C=O) groups excluding carboxylic acids is 2. The van der Waals surface area contributed by atoms with Gasteiger partial charge in [-0.05, 0) is 51.4 Å². The van der Waals surface area contributed by atoms with Crippen LogP contribution in [0.1, 0.15) is 43.0 Å². The minimum Gasteiger partial charge on any atom is -0.330 e. The van der Waals surface area contributed by atoms with Crippen LogP contribution >= 0.6 is 12.4 Å². The Balaban J connectivity index is 0.00000264. The van der Waals surface area contributed by atoms with Crippen molar-refractivity contribution in [3.63, 3.8) is 0 Å². The van der Waals surface area contributed by atoms with Crippen LogP contribution in [-0.2, 0) is 4.79 Å². The Morgan fingerprint density at radius 3 is 2.74 bits per heavy atom. The molecule has 23 heavy (non-hydrogen) atoms. The highest BCUT2D eigenvalue weighted by Gasteiger charge is 2.23. The van der Waals surface area contributed by atoms with Crippen molar-refractivity contribution in [3.8, 4) is 0 Å². The quantitative estimate of drug-likeness (QED) is 0.781. The number of hydrogen-bond donors (Lipinski definition) is 2. The van der Waals surface area contributed by atoms with Crippen molar-refractivity contribution in [2.24, 2.45) is 5.73 Å². The fraction of sp³-hybridized carbons (Fsp3) is 0.529. The van der Waals surface area contributed by atoms with Crippen LogP contribution < -0.4 is 11.1 Å². The van der Waals surface area contributed by atoms with Crippen LogP contribution in [0.25, 0.3) is 0 Å². The van der Waals surface area contributed by atoms with Gasteiger partial charge in [0, 0.05) is 11.6 Å². The van der Waals surface area contributed by atoms with E-state index < -0.39 is 0 Å². The van der Waals surface area contributed by atoms with Crippen LogP contribution in [-0.4, -0.2) is 42.3 Å². The number of nitrogens with one attached hydrogen (secondary N) is 1. The molecular weight excluding hydrogens is 314 g/mol. The van der Waals surface area contributed by atoms with Crippen molar-refractivity contribution < 1.29 is 9.59 Å². The third kappa shape index (κ3) is 5.61. The van der Waals surface area contributed by atoms with Gasteiger partial charge in [-0.25, -0.2) is 0 Å². The maximum atomic E-state index is 12.3. The summed E-state index contributed by atoms with van der Waals surface area (Å²) in [6.45, 7) is 3.45. The monoisotopic (exact) mass is 339 g/mol. The third-order valence-electron chi connectivity index (χ3n) is 4.18. The number of anilines is 1. The Bertz CT molecular complexity index is 534. The van der Waals surface area contributed by atoms with Crippen LogP contribution in [0, 0.1) is 0 Å². The summed E-state index contributed by atoms with van der Waals surface area (Å²) in [7, 11) is 0. The number of piperidine rings is 1. The van der Waals surface area contributed by atoms with Gasteiger partial charge in [-0.3, -0.25) is 14.5 Å². The molecule has 6 heteroatoms. The van der Waals surface area contributed by atoms with Gasteiger partial charge < -0.3 is 11.1 Å². The van der Waals surface area contributed by atoms with Crippen LogP contribution in [0.5, 0.6) is 0 Å². The second-order valence-corrected chi connectivity index (χ2v) is 5.85. The van der Waals surface area contributed by atoms with Gasteiger partial charge in [-0.1, -0.05) is 18.6 Å². The van der Waals surface area contributed by atoms with Crippen molar-refractivity contribution in [1.29, 1.82) is 0 Å². The number of nitrogens with zero attached hydrogens (tertiary/aromatic N) is 1. The number of likely N-dealkylation sites (tertiary alicyclic amines) is 1.